The number of nitrogens with zero attached hydrogens (tertiary/aromatic N) is 1. The van der Waals surface area contributed by atoms with E-state index < -0.39 is 0 Å². The maximum absolute atomic E-state index is 12.5. The van der Waals surface area contributed by atoms with Gasteiger partial charge in [-0.2, -0.15) is 0 Å². The first-order valence-corrected chi connectivity index (χ1v) is 8.06. The van der Waals surface area contributed by atoms with Crippen LogP contribution in [0.15, 0.2) is 38.6 Å². The summed E-state index contributed by atoms with van der Waals surface area (Å²) in [6.45, 7) is 2.50. The second-order valence-electron chi connectivity index (χ2n) is 3.84. The van der Waals surface area contributed by atoms with Gasteiger partial charge in [0.05, 0.1) is 20.0 Å². The Kier molecular flexibility index (Phi) is 4.65. The molecule has 0 aliphatic heterocycles. The minimum atomic E-state index is -0.0446. The molecule has 0 aliphatic carbocycles. The van der Waals surface area contributed by atoms with Crippen molar-refractivity contribution in [3.63, 3.8) is 0 Å². The molecule has 2 aromatic rings. The zero-order valence-corrected chi connectivity index (χ0v) is 14.2. The maximum Gasteiger partial charge on any atom is 0.268 e. The van der Waals surface area contributed by atoms with E-state index in [0.717, 1.165) is 13.9 Å². The van der Waals surface area contributed by atoms with Gasteiger partial charge in [-0.25, -0.2) is 0 Å². The third-order valence-corrected chi connectivity index (χ3v) is 5.89. The van der Waals surface area contributed by atoms with Gasteiger partial charge < -0.3 is 10.6 Å². The Morgan fingerprint density at radius 2 is 2.05 bits per heavy atom. The number of hydrogen-bond donors (Lipinski definition) is 1. The smallest absolute Gasteiger partial charge is 0.268 e. The van der Waals surface area contributed by atoms with Crippen molar-refractivity contribution < 1.29 is 4.79 Å². The highest BCUT2D eigenvalue weighted by atomic mass is 79.9. The average Bonchev–Trinajstić information content (AvgIpc) is 2.73. The summed E-state index contributed by atoms with van der Waals surface area (Å²) in [5.41, 5.74) is 7.29. The van der Waals surface area contributed by atoms with E-state index in [0.29, 0.717) is 17.1 Å². The summed E-state index contributed by atoms with van der Waals surface area (Å²) in [5, 5.41) is 0. The van der Waals surface area contributed by atoms with Crippen LogP contribution in [0.25, 0.3) is 0 Å². The van der Waals surface area contributed by atoms with E-state index in [2.05, 4.69) is 31.9 Å². The lowest BCUT2D eigenvalue weighted by Gasteiger charge is -2.21. The molecule has 3 nitrogen and oxygen atoms in total. The highest BCUT2D eigenvalue weighted by Crippen LogP contribution is 2.34. The minimum Gasteiger partial charge on any atom is -0.397 e. The molecule has 0 saturated heterocycles. The Bertz CT molecular complexity index is 593. The summed E-state index contributed by atoms with van der Waals surface area (Å²) in [6, 6.07) is 9.20. The van der Waals surface area contributed by atoms with Gasteiger partial charge in [0.15, 0.2) is 0 Å². The Morgan fingerprint density at radius 1 is 1.37 bits per heavy atom. The van der Waals surface area contributed by atoms with Gasteiger partial charge in [0.2, 0.25) is 0 Å². The molecule has 19 heavy (non-hydrogen) atoms. The van der Waals surface area contributed by atoms with E-state index in [1.165, 1.54) is 11.3 Å². The fraction of sp³-hybridized carbons (Fsp3) is 0.154. The van der Waals surface area contributed by atoms with Gasteiger partial charge in [-0.05, 0) is 57.0 Å². The molecule has 0 saturated carbocycles. The third-order valence-electron chi connectivity index (χ3n) is 2.64. The number of anilines is 2. The summed E-state index contributed by atoms with van der Waals surface area (Å²) in [7, 11) is 0. The van der Waals surface area contributed by atoms with Crippen LogP contribution >= 0.6 is 43.2 Å². The standard InChI is InChI=1S/C13H12Br2N2OS/c1-2-17(10-6-4-3-5-9(10)16)13(18)11-7-8(14)12(15)19-11/h3-7H,2,16H2,1H3. The molecule has 100 valence electrons. The molecule has 0 unspecified atom stereocenters. The lowest BCUT2D eigenvalue weighted by molar-refractivity contribution is 0.0992. The number of hydrogen-bond acceptors (Lipinski definition) is 3. The first kappa shape index (κ1) is 14.6. The average molecular weight is 404 g/mol. The normalized spacial score (nSPS) is 10.5. The summed E-state index contributed by atoms with van der Waals surface area (Å²) in [6.07, 6.45) is 0. The van der Waals surface area contributed by atoms with Crippen LogP contribution in [0.3, 0.4) is 0 Å². The molecule has 1 heterocycles. The number of benzene rings is 1. The van der Waals surface area contributed by atoms with Gasteiger partial charge in [0.25, 0.3) is 5.91 Å². The molecule has 0 aliphatic rings. The molecule has 0 radical (unpaired) electrons. The molecule has 1 aromatic carbocycles. The van der Waals surface area contributed by atoms with Crippen LogP contribution < -0.4 is 10.6 Å². The number of halogens is 2. The number of nitrogens with two attached hydrogens (primary N) is 1. The van der Waals surface area contributed by atoms with Crippen LogP contribution in [0.2, 0.25) is 0 Å². The van der Waals surface area contributed by atoms with E-state index in [9.17, 15) is 4.79 Å². The van der Waals surface area contributed by atoms with Crippen molar-refractivity contribution >= 4 is 60.5 Å². The number of nitrogen functional groups attached to an aromatic ring is 1. The molecule has 1 aromatic heterocycles. The van der Waals surface area contributed by atoms with Gasteiger partial charge in [-0.3, -0.25) is 4.79 Å². The SMILES string of the molecule is CCN(C(=O)c1cc(Br)c(Br)s1)c1ccccc1N. The highest BCUT2D eigenvalue weighted by molar-refractivity contribution is 9.13. The van der Waals surface area contributed by atoms with E-state index in [-0.39, 0.29) is 5.91 Å². The molecular weight excluding hydrogens is 392 g/mol. The molecule has 0 atom stereocenters. The second kappa shape index (κ2) is 6.07. The number of carbonyl (C=O) groups is 1. The fourth-order valence-corrected chi connectivity index (χ4v) is 3.73. The fourth-order valence-electron chi connectivity index (χ4n) is 1.74. The van der Waals surface area contributed by atoms with Gasteiger partial charge in [0.1, 0.15) is 0 Å². The van der Waals surface area contributed by atoms with Crippen LogP contribution in [-0.2, 0) is 0 Å². The monoisotopic (exact) mass is 402 g/mol. The Hall–Kier alpha value is -0.850. The van der Waals surface area contributed by atoms with E-state index in [1.54, 1.807) is 11.0 Å². The predicted molar refractivity (Wildman–Crippen MR) is 87.9 cm³/mol. The molecule has 1 amide bonds. The first-order chi connectivity index (χ1) is 9.04. The van der Waals surface area contributed by atoms with Crippen LogP contribution in [-0.4, -0.2) is 12.5 Å². The second-order valence-corrected chi connectivity index (χ2v) is 7.06. The lowest BCUT2D eigenvalue weighted by Crippen LogP contribution is -2.30. The van der Waals surface area contributed by atoms with Crippen molar-refractivity contribution in [2.24, 2.45) is 0 Å². The van der Waals surface area contributed by atoms with Gasteiger partial charge >= 0.3 is 0 Å². The van der Waals surface area contributed by atoms with E-state index in [1.807, 2.05) is 31.2 Å². The topological polar surface area (TPSA) is 46.3 Å². The molecule has 0 spiro atoms. The first-order valence-electron chi connectivity index (χ1n) is 5.65. The molecule has 0 fully saturated rings. The lowest BCUT2D eigenvalue weighted by atomic mass is 10.2. The van der Waals surface area contributed by atoms with Crippen molar-refractivity contribution in [2.75, 3.05) is 17.2 Å². The molecular formula is C13H12Br2N2OS. The minimum absolute atomic E-state index is 0.0446. The quantitative estimate of drug-likeness (QED) is 0.765. The van der Waals surface area contributed by atoms with Crippen LogP contribution in [0.4, 0.5) is 11.4 Å². The maximum atomic E-state index is 12.5. The molecule has 6 heteroatoms. The molecule has 0 bridgehead atoms. The summed E-state index contributed by atoms with van der Waals surface area (Å²) in [5.74, 6) is -0.0446. The largest absolute Gasteiger partial charge is 0.397 e. The van der Waals surface area contributed by atoms with E-state index >= 15 is 0 Å². The van der Waals surface area contributed by atoms with Crippen LogP contribution in [0.1, 0.15) is 16.6 Å². The van der Waals surface area contributed by atoms with Crippen molar-refractivity contribution in [3.05, 3.63) is 43.5 Å². The molecule has 2 rings (SSSR count). The van der Waals surface area contributed by atoms with Gasteiger partial charge in [0, 0.05) is 11.0 Å². The zero-order valence-electron chi connectivity index (χ0n) is 10.2. The van der Waals surface area contributed by atoms with Crippen LogP contribution in [0, 0.1) is 0 Å². The number of carbonyl (C=O) groups excluding carboxylic acids is 1. The Labute approximate surface area is 132 Å². The number of rotatable bonds is 3. The van der Waals surface area contributed by atoms with Crippen molar-refractivity contribution in [1.82, 2.24) is 0 Å². The Morgan fingerprint density at radius 3 is 2.58 bits per heavy atom. The zero-order chi connectivity index (χ0) is 14.0. The summed E-state index contributed by atoms with van der Waals surface area (Å²) >= 11 is 8.20. The van der Waals surface area contributed by atoms with E-state index in [4.69, 9.17) is 5.73 Å². The molecule has 2 N–H and O–H groups in total. The van der Waals surface area contributed by atoms with Crippen molar-refractivity contribution in [2.45, 2.75) is 6.92 Å². The summed E-state index contributed by atoms with van der Waals surface area (Å²) in [4.78, 5) is 14.9. The number of thiophene rings is 1. The summed E-state index contributed by atoms with van der Waals surface area (Å²) < 4.78 is 1.80. The van der Waals surface area contributed by atoms with Crippen LogP contribution in [0.5, 0.6) is 0 Å². The van der Waals surface area contributed by atoms with Crippen molar-refractivity contribution in [3.8, 4) is 0 Å². The number of para-hydroxylation sites is 2. The van der Waals surface area contributed by atoms with Gasteiger partial charge in [-0.1, -0.05) is 12.1 Å². The Balaban J connectivity index is 2.37. The van der Waals surface area contributed by atoms with Crippen molar-refractivity contribution in [1.29, 1.82) is 0 Å². The predicted octanol–water partition coefficient (Wildman–Crippen LogP) is 4.52. The highest BCUT2D eigenvalue weighted by Gasteiger charge is 2.20. The van der Waals surface area contributed by atoms with Gasteiger partial charge in [-0.15, -0.1) is 11.3 Å². The third kappa shape index (κ3) is 3.01. The number of amides is 1.